The van der Waals surface area contributed by atoms with E-state index in [1.807, 2.05) is 47.8 Å². The van der Waals surface area contributed by atoms with Crippen LogP contribution in [-0.4, -0.2) is 10.8 Å². The van der Waals surface area contributed by atoms with Crippen molar-refractivity contribution in [2.45, 2.75) is 45.1 Å². The molecule has 4 aromatic rings. The maximum Gasteiger partial charge on any atom is 0.345 e. The van der Waals surface area contributed by atoms with Crippen LogP contribution in [0.15, 0.2) is 79.4 Å². The van der Waals surface area contributed by atoms with E-state index in [1.165, 1.54) is 36.2 Å². The standard InChI is InChI=1S/C26H25N3O2S/c1-18-11-13-19(14-12-18)16-27-28-26-29(21-8-3-2-4-9-21)23(17-32-26)22-15-20-7-5-6-10-24(20)31-25(22)30/h5-7,10-17,21H,2-4,8-9H2,1H3/b27-16-,28-26-. The molecule has 2 heterocycles. The predicted octanol–water partition coefficient (Wildman–Crippen LogP) is 6.07. The highest BCUT2D eigenvalue weighted by molar-refractivity contribution is 7.07. The molecular weight excluding hydrogens is 418 g/mol. The van der Waals surface area contributed by atoms with Crippen molar-refractivity contribution < 1.29 is 4.42 Å². The van der Waals surface area contributed by atoms with Crippen molar-refractivity contribution in [2.75, 3.05) is 0 Å². The van der Waals surface area contributed by atoms with Crippen LogP contribution in [0.25, 0.3) is 22.2 Å². The highest BCUT2D eigenvalue weighted by atomic mass is 32.1. The van der Waals surface area contributed by atoms with Crippen LogP contribution in [0.3, 0.4) is 0 Å². The smallest absolute Gasteiger partial charge is 0.345 e. The average molecular weight is 444 g/mol. The molecule has 0 radical (unpaired) electrons. The van der Waals surface area contributed by atoms with Crippen molar-refractivity contribution in [2.24, 2.45) is 10.2 Å². The third kappa shape index (κ3) is 4.23. The Hall–Kier alpha value is -3.25. The SMILES string of the molecule is Cc1ccc(/C=N\N=c2/scc(-c3cc4ccccc4oc3=O)n2C2CCCCC2)cc1. The van der Waals surface area contributed by atoms with E-state index in [0.717, 1.165) is 34.3 Å². The Labute approximate surface area is 190 Å². The molecule has 0 unspecified atom stereocenters. The molecule has 2 aromatic carbocycles. The zero-order valence-electron chi connectivity index (χ0n) is 18.0. The van der Waals surface area contributed by atoms with Gasteiger partial charge < -0.3 is 8.98 Å². The van der Waals surface area contributed by atoms with Gasteiger partial charge in [0.15, 0.2) is 0 Å². The van der Waals surface area contributed by atoms with Crippen molar-refractivity contribution in [1.82, 2.24) is 4.57 Å². The zero-order valence-corrected chi connectivity index (χ0v) is 18.8. The number of thiazole rings is 1. The Morgan fingerprint density at radius 2 is 1.84 bits per heavy atom. The Kier molecular flexibility index (Phi) is 5.86. The lowest BCUT2D eigenvalue weighted by Crippen LogP contribution is -2.24. The molecule has 1 fully saturated rings. The molecule has 1 aliphatic rings. The third-order valence-electron chi connectivity index (χ3n) is 6.03. The summed E-state index contributed by atoms with van der Waals surface area (Å²) in [5, 5.41) is 11.8. The summed E-state index contributed by atoms with van der Waals surface area (Å²) in [6.45, 7) is 2.06. The molecular formula is C26H25N3O2S. The lowest BCUT2D eigenvalue weighted by atomic mass is 9.95. The highest BCUT2D eigenvalue weighted by Gasteiger charge is 2.22. The van der Waals surface area contributed by atoms with Crippen LogP contribution in [0.5, 0.6) is 0 Å². The van der Waals surface area contributed by atoms with Gasteiger partial charge in [-0.15, -0.1) is 16.4 Å². The largest absolute Gasteiger partial charge is 0.422 e. The number of hydrogen-bond donors (Lipinski definition) is 0. The van der Waals surface area contributed by atoms with Gasteiger partial charge in [-0.3, -0.25) is 0 Å². The molecule has 1 aliphatic carbocycles. The van der Waals surface area contributed by atoms with Gasteiger partial charge in [0.25, 0.3) is 0 Å². The van der Waals surface area contributed by atoms with E-state index in [-0.39, 0.29) is 5.63 Å². The number of benzene rings is 2. The fourth-order valence-electron chi connectivity index (χ4n) is 4.32. The highest BCUT2D eigenvalue weighted by Crippen LogP contribution is 2.32. The number of aryl methyl sites for hydroxylation is 1. The van der Waals surface area contributed by atoms with Gasteiger partial charge in [0.05, 0.1) is 17.5 Å². The maximum atomic E-state index is 12.9. The van der Waals surface area contributed by atoms with E-state index in [4.69, 9.17) is 4.42 Å². The molecule has 5 nitrogen and oxygen atoms in total. The molecule has 6 heteroatoms. The van der Waals surface area contributed by atoms with Gasteiger partial charge in [-0.2, -0.15) is 5.10 Å². The van der Waals surface area contributed by atoms with Crippen molar-refractivity contribution in [1.29, 1.82) is 0 Å². The topological polar surface area (TPSA) is 59.9 Å². The Bertz CT molecular complexity index is 1390. The molecule has 0 aliphatic heterocycles. The Balaban J connectivity index is 1.61. The first-order valence-electron chi connectivity index (χ1n) is 11.1. The summed E-state index contributed by atoms with van der Waals surface area (Å²) in [6, 6.07) is 18.0. The minimum Gasteiger partial charge on any atom is -0.422 e. The van der Waals surface area contributed by atoms with Gasteiger partial charge in [0.1, 0.15) is 5.58 Å². The number of fused-ring (bicyclic) bond motifs is 1. The number of nitrogens with zero attached hydrogens (tertiary/aromatic N) is 3. The lowest BCUT2D eigenvalue weighted by Gasteiger charge is -2.24. The predicted molar refractivity (Wildman–Crippen MR) is 130 cm³/mol. The molecule has 1 saturated carbocycles. The average Bonchev–Trinajstić information content (AvgIpc) is 3.24. The summed E-state index contributed by atoms with van der Waals surface area (Å²) in [5.41, 5.74) is 3.95. The van der Waals surface area contributed by atoms with Gasteiger partial charge in [-0.25, -0.2) is 4.79 Å². The Morgan fingerprint density at radius 3 is 2.66 bits per heavy atom. The van der Waals surface area contributed by atoms with Gasteiger partial charge >= 0.3 is 5.63 Å². The minimum absolute atomic E-state index is 0.309. The second kappa shape index (κ2) is 9.09. The van der Waals surface area contributed by atoms with Crippen molar-refractivity contribution in [3.05, 3.63) is 86.3 Å². The van der Waals surface area contributed by atoms with E-state index in [1.54, 1.807) is 6.21 Å². The summed E-state index contributed by atoms with van der Waals surface area (Å²) in [4.78, 5) is 13.7. The maximum absolute atomic E-state index is 12.9. The van der Waals surface area contributed by atoms with Crippen LogP contribution in [0.1, 0.15) is 49.3 Å². The summed E-state index contributed by atoms with van der Waals surface area (Å²) in [6.07, 6.45) is 7.56. The first kappa shape index (κ1) is 20.6. The fraction of sp³-hybridized carbons (Fsp3) is 0.269. The lowest BCUT2D eigenvalue weighted by molar-refractivity contribution is 0.350. The van der Waals surface area contributed by atoms with E-state index in [2.05, 4.69) is 33.8 Å². The molecule has 0 N–H and O–H groups in total. The van der Waals surface area contributed by atoms with Crippen molar-refractivity contribution in [3.8, 4) is 11.3 Å². The molecule has 0 bridgehead atoms. The molecule has 0 spiro atoms. The quantitative estimate of drug-likeness (QED) is 0.218. The van der Waals surface area contributed by atoms with Gasteiger partial charge in [0, 0.05) is 16.8 Å². The van der Waals surface area contributed by atoms with E-state index in [9.17, 15) is 4.79 Å². The van der Waals surface area contributed by atoms with Crippen LogP contribution in [0.2, 0.25) is 0 Å². The van der Waals surface area contributed by atoms with Gasteiger partial charge in [-0.1, -0.05) is 67.3 Å². The van der Waals surface area contributed by atoms with Crippen LogP contribution in [0.4, 0.5) is 0 Å². The number of rotatable bonds is 4. The second-order valence-electron chi connectivity index (χ2n) is 8.31. The van der Waals surface area contributed by atoms with Crippen molar-refractivity contribution in [3.63, 3.8) is 0 Å². The van der Waals surface area contributed by atoms with E-state index in [0.29, 0.717) is 17.2 Å². The minimum atomic E-state index is -0.319. The number of aromatic nitrogens is 1. The summed E-state index contributed by atoms with van der Waals surface area (Å²) >= 11 is 1.52. The van der Waals surface area contributed by atoms with Crippen LogP contribution in [0, 0.1) is 6.92 Å². The first-order chi connectivity index (χ1) is 15.7. The molecule has 0 saturated heterocycles. The zero-order chi connectivity index (χ0) is 21.9. The van der Waals surface area contributed by atoms with E-state index < -0.39 is 0 Å². The molecule has 162 valence electrons. The molecule has 0 amide bonds. The van der Waals surface area contributed by atoms with Crippen LogP contribution >= 0.6 is 11.3 Å². The van der Waals surface area contributed by atoms with E-state index >= 15 is 0 Å². The van der Waals surface area contributed by atoms with Gasteiger partial charge in [-0.05, 0) is 37.5 Å². The van der Waals surface area contributed by atoms with Crippen molar-refractivity contribution >= 4 is 28.5 Å². The first-order valence-corrected chi connectivity index (χ1v) is 11.9. The molecule has 0 atom stereocenters. The normalized spacial score (nSPS) is 15.7. The fourth-order valence-corrected chi connectivity index (χ4v) is 5.23. The van der Waals surface area contributed by atoms with Crippen LogP contribution in [-0.2, 0) is 0 Å². The molecule has 5 rings (SSSR count). The summed E-state index contributed by atoms with van der Waals surface area (Å²) in [7, 11) is 0. The number of hydrogen-bond acceptors (Lipinski definition) is 5. The summed E-state index contributed by atoms with van der Waals surface area (Å²) in [5.74, 6) is 0. The Morgan fingerprint density at radius 1 is 1.06 bits per heavy atom. The second-order valence-corrected chi connectivity index (χ2v) is 9.14. The van der Waals surface area contributed by atoms with Gasteiger partial charge in [0.2, 0.25) is 4.80 Å². The molecule has 32 heavy (non-hydrogen) atoms. The summed E-state index contributed by atoms with van der Waals surface area (Å²) < 4.78 is 7.83. The monoisotopic (exact) mass is 443 g/mol. The van der Waals surface area contributed by atoms with Crippen LogP contribution < -0.4 is 10.4 Å². The molecule has 2 aromatic heterocycles. The third-order valence-corrected chi connectivity index (χ3v) is 6.86. The number of para-hydroxylation sites is 1.